The van der Waals surface area contributed by atoms with Gasteiger partial charge >= 0.3 is 0 Å². The number of aliphatic hydroxyl groups is 1. The molecular formula is C17H23ClN2O. The average molecular weight is 307 g/mol. The van der Waals surface area contributed by atoms with Crippen molar-refractivity contribution in [1.29, 1.82) is 0 Å². The first-order chi connectivity index (χ1) is 10.1. The summed E-state index contributed by atoms with van der Waals surface area (Å²) in [6.45, 7) is 3.66. The van der Waals surface area contributed by atoms with Gasteiger partial charge in [-0.05, 0) is 36.5 Å². The van der Waals surface area contributed by atoms with Crippen LogP contribution < -0.4 is 5.32 Å². The van der Waals surface area contributed by atoms with E-state index in [0.29, 0.717) is 12.5 Å². The molecule has 3 rings (SSSR count). The first-order valence-electron chi connectivity index (χ1n) is 7.74. The third-order valence-corrected chi connectivity index (χ3v) is 4.80. The van der Waals surface area contributed by atoms with Crippen LogP contribution in [-0.2, 0) is 6.54 Å². The van der Waals surface area contributed by atoms with Gasteiger partial charge < -0.3 is 15.4 Å². The summed E-state index contributed by atoms with van der Waals surface area (Å²) in [5.74, 6) is 0.626. The number of fused-ring (bicyclic) bond motifs is 1. The lowest BCUT2D eigenvalue weighted by molar-refractivity contribution is -0.0119. The number of H-pyrrole nitrogens is 1. The van der Waals surface area contributed by atoms with Crippen LogP contribution in [0.5, 0.6) is 0 Å². The molecule has 4 heteroatoms. The van der Waals surface area contributed by atoms with E-state index in [2.05, 4.69) is 17.2 Å². The Balaban J connectivity index is 1.62. The minimum absolute atomic E-state index is 0.535. The van der Waals surface area contributed by atoms with Crippen LogP contribution in [0.15, 0.2) is 24.4 Å². The summed E-state index contributed by atoms with van der Waals surface area (Å²) in [6, 6.07) is 5.90. The van der Waals surface area contributed by atoms with E-state index in [1.54, 1.807) is 0 Å². The highest BCUT2D eigenvalue weighted by molar-refractivity contribution is 6.31. The second kappa shape index (κ2) is 5.99. The lowest BCUT2D eigenvalue weighted by Gasteiger charge is -2.35. The van der Waals surface area contributed by atoms with Crippen LogP contribution in [0.4, 0.5) is 0 Å². The Hall–Kier alpha value is -1.03. The van der Waals surface area contributed by atoms with Gasteiger partial charge in [0.05, 0.1) is 5.60 Å². The Kier molecular flexibility index (Phi) is 4.25. The largest absolute Gasteiger partial charge is 0.389 e. The standard InChI is InChI=1S/C17H23ClN2O/c1-12-3-2-6-17(21,8-12)11-19-9-13-10-20-16-7-14(18)4-5-15(13)16/h4-5,7,10,12,19-21H,2-3,6,8-9,11H2,1H3. The van der Waals surface area contributed by atoms with Crippen molar-refractivity contribution in [2.24, 2.45) is 5.92 Å². The van der Waals surface area contributed by atoms with Gasteiger partial charge in [-0.2, -0.15) is 0 Å². The van der Waals surface area contributed by atoms with Gasteiger partial charge in [-0.3, -0.25) is 0 Å². The van der Waals surface area contributed by atoms with E-state index < -0.39 is 5.60 Å². The molecule has 2 unspecified atom stereocenters. The number of benzene rings is 1. The van der Waals surface area contributed by atoms with Crippen molar-refractivity contribution in [3.63, 3.8) is 0 Å². The van der Waals surface area contributed by atoms with Crippen molar-refractivity contribution in [2.45, 2.75) is 44.8 Å². The zero-order chi connectivity index (χ0) is 14.9. The molecule has 3 N–H and O–H groups in total. The fourth-order valence-electron chi connectivity index (χ4n) is 3.53. The Bertz CT molecular complexity index is 624. The van der Waals surface area contributed by atoms with Crippen LogP contribution in [-0.4, -0.2) is 22.2 Å². The first-order valence-corrected chi connectivity index (χ1v) is 8.12. The van der Waals surface area contributed by atoms with Gasteiger partial charge in [-0.25, -0.2) is 0 Å². The zero-order valence-electron chi connectivity index (χ0n) is 12.5. The van der Waals surface area contributed by atoms with E-state index in [0.717, 1.165) is 36.3 Å². The number of nitrogens with one attached hydrogen (secondary N) is 2. The molecule has 0 amide bonds. The molecule has 114 valence electrons. The fraction of sp³-hybridized carbons (Fsp3) is 0.529. The van der Waals surface area contributed by atoms with Crippen molar-refractivity contribution >= 4 is 22.5 Å². The van der Waals surface area contributed by atoms with Crippen LogP contribution in [0, 0.1) is 5.92 Å². The summed E-state index contributed by atoms with van der Waals surface area (Å²) in [6.07, 6.45) is 6.20. The first kappa shape index (κ1) is 14.9. The Morgan fingerprint density at radius 2 is 2.33 bits per heavy atom. The fourth-order valence-corrected chi connectivity index (χ4v) is 3.70. The van der Waals surface area contributed by atoms with E-state index >= 15 is 0 Å². The highest BCUT2D eigenvalue weighted by Gasteiger charge is 2.32. The van der Waals surface area contributed by atoms with E-state index in [-0.39, 0.29) is 0 Å². The molecule has 1 heterocycles. The third-order valence-electron chi connectivity index (χ3n) is 4.57. The number of hydrogen-bond donors (Lipinski definition) is 3. The topological polar surface area (TPSA) is 48.0 Å². The average Bonchev–Trinajstić information content (AvgIpc) is 2.80. The predicted octanol–water partition coefficient (Wildman–Crippen LogP) is 3.85. The Labute approximate surface area is 130 Å². The van der Waals surface area contributed by atoms with Gasteiger partial charge in [0.25, 0.3) is 0 Å². The lowest BCUT2D eigenvalue weighted by Crippen LogP contribution is -2.43. The van der Waals surface area contributed by atoms with Gasteiger partial charge in [0.2, 0.25) is 0 Å². The number of halogens is 1. The number of rotatable bonds is 4. The van der Waals surface area contributed by atoms with Crippen LogP contribution in [0.25, 0.3) is 10.9 Å². The molecule has 3 nitrogen and oxygen atoms in total. The molecule has 1 aromatic carbocycles. The smallest absolute Gasteiger partial charge is 0.0774 e. The molecule has 0 bridgehead atoms. The number of aromatic amines is 1. The molecule has 1 aliphatic carbocycles. The summed E-state index contributed by atoms with van der Waals surface area (Å²) in [7, 11) is 0. The second-order valence-corrected chi connectivity index (χ2v) is 6.97. The molecule has 1 aromatic heterocycles. The van der Waals surface area contributed by atoms with Crippen LogP contribution in [0.3, 0.4) is 0 Å². The molecular weight excluding hydrogens is 284 g/mol. The molecule has 0 saturated heterocycles. The number of hydrogen-bond acceptors (Lipinski definition) is 2. The molecule has 1 aliphatic rings. The van der Waals surface area contributed by atoms with Crippen LogP contribution >= 0.6 is 11.6 Å². The molecule has 21 heavy (non-hydrogen) atoms. The molecule has 2 atom stereocenters. The van der Waals surface area contributed by atoms with Crippen molar-refractivity contribution in [2.75, 3.05) is 6.54 Å². The number of aromatic nitrogens is 1. The predicted molar refractivity (Wildman–Crippen MR) is 87.6 cm³/mol. The maximum atomic E-state index is 10.6. The maximum absolute atomic E-state index is 10.6. The van der Waals surface area contributed by atoms with Gasteiger partial charge in [0, 0.05) is 35.2 Å². The van der Waals surface area contributed by atoms with Gasteiger partial charge in [0.15, 0.2) is 0 Å². The van der Waals surface area contributed by atoms with E-state index in [9.17, 15) is 5.11 Å². The minimum Gasteiger partial charge on any atom is -0.389 e. The monoisotopic (exact) mass is 306 g/mol. The van der Waals surface area contributed by atoms with E-state index in [1.165, 1.54) is 17.4 Å². The van der Waals surface area contributed by atoms with Gasteiger partial charge in [-0.15, -0.1) is 0 Å². The molecule has 2 aromatic rings. The second-order valence-electron chi connectivity index (χ2n) is 6.53. The third kappa shape index (κ3) is 3.42. The summed E-state index contributed by atoms with van der Waals surface area (Å²) >= 11 is 6.00. The maximum Gasteiger partial charge on any atom is 0.0774 e. The summed E-state index contributed by atoms with van der Waals surface area (Å²) in [4.78, 5) is 3.25. The molecule has 0 radical (unpaired) electrons. The quantitative estimate of drug-likeness (QED) is 0.803. The van der Waals surface area contributed by atoms with Crippen molar-refractivity contribution < 1.29 is 5.11 Å². The summed E-state index contributed by atoms with van der Waals surface area (Å²) < 4.78 is 0. The summed E-state index contributed by atoms with van der Waals surface area (Å²) in [5, 5.41) is 16.0. The summed E-state index contributed by atoms with van der Waals surface area (Å²) in [5.41, 5.74) is 1.74. The van der Waals surface area contributed by atoms with Gasteiger partial charge in [0.1, 0.15) is 0 Å². The minimum atomic E-state index is -0.535. The molecule has 0 aliphatic heterocycles. The zero-order valence-corrected chi connectivity index (χ0v) is 13.2. The van der Waals surface area contributed by atoms with Crippen LogP contribution in [0.2, 0.25) is 5.02 Å². The van der Waals surface area contributed by atoms with E-state index in [4.69, 9.17) is 11.6 Å². The molecule has 1 saturated carbocycles. The highest BCUT2D eigenvalue weighted by Crippen LogP contribution is 2.31. The lowest BCUT2D eigenvalue weighted by atomic mass is 9.79. The highest BCUT2D eigenvalue weighted by atomic mass is 35.5. The van der Waals surface area contributed by atoms with Crippen molar-refractivity contribution in [3.05, 3.63) is 35.0 Å². The van der Waals surface area contributed by atoms with Crippen molar-refractivity contribution in [3.8, 4) is 0 Å². The van der Waals surface area contributed by atoms with E-state index in [1.807, 2.05) is 24.4 Å². The Morgan fingerprint density at radius 3 is 3.14 bits per heavy atom. The van der Waals surface area contributed by atoms with Crippen molar-refractivity contribution in [1.82, 2.24) is 10.3 Å². The normalized spacial score (nSPS) is 26.3. The molecule has 0 spiro atoms. The van der Waals surface area contributed by atoms with Gasteiger partial charge in [-0.1, -0.05) is 37.4 Å². The SMILES string of the molecule is CC1CCCC(O)(CNCc2c[nH]c3cc(Cl)ccc23)C1. The molecule has 1 fully saturated rings. The Morgan fingerprint density at radius 1 is 1.48 bits per heavy atom. The van der Waals surface area contributed by atoms with Crippen LogP contribution in [0.1, 0.15) is 38.2 Å².